The average molecular weight is 435 g/mol. The molecule has 0 radical (unpaired) electrons. The van der Waals surface area contributed by atoms with Gasteiger partial charge in [-0.3, -0.25) is 9.55 Å². The van der Waals surface area contributed by atoms with Crippen molar-refractivity contribution in [2.75, 3.05) is 17.2 Å². The Morgan fingerprint density at radius 2 is 1.65 bits per heavy atom. The zero-order valence-corrected chi connectivity index (χ0v) is 17.6. The summed E-state index contributed by atoms with van der Waals surface area (Å²) in [4.78, 5) is 6.31. The molecule has 0 fully saturated rings. The van der Waals surface area contributed by atoms with E-state index >= 15 is 0 Å². The van der Waals surface area contributed by atoms with Gasteiger partial charge in [-0.25, -0.2) is 0 Å². The van der Waals surface area contributed by atoms with Gasteiger partial charge in [0.05, 0.1) is 17.1 Å². The number of aliphatic imine (C=N–C) groups is 1. The molecule has 0 aliphatic carbocycles. The van der Waals surface area contributed by atoms with Gasteiger partial charge in [0.25, 0.3) is 10.1 Å². The lowest BCUT2D eigenvalue weighted by molar-refractivity contribution is 0.438. The molecule has 1 aliphatic heterocycles. The largest absolute Gasteiger partial charge is 0.439 e. The van der Waals surface area contributed by atoms with Crippen LogP contribution in [0, 0.1) is 0 Å². The van der Waals surface area contributed by atoms with Gasteiger partial charge in [-0.15, -0.1) is 0 Å². The predicted octanol–water partition coefficient (Wildman–Crippen LogP) is 5.07. The predicted molar refractivity (Wildman–Crippen MR) is 124 cm³/mol. The van der Waals surface area contributed by atoms with Crippen molar-refractivity contribution in [3.05, 3.63) is 90.8 Å². The molecule has 0 amide bonds. The molecule has 0 aromatic heterocycles. The van der Waals surface area contributed by atoms with Crippen molar-refractivity contribution in [3.8, 4) is 16.9 Å². The summed E-state index contributed by atoms with van der Waals surface area (Å²) in [6.45, 7) is 0.371. The molecule has 7 heteroatoms. The number of allylic oxidation sites excluding steroid dienone is 1. The van der Waals surface area contributed by atoms with E-state index in [1.54, 1.807) is 12.3 Å². The maximum Gasteiger partial charge on any atom is 0.264 e. The van der Waals surface area contributed by atoms with Gasteiger partial charge in [-0.2, -0.15) is 8.42 Å². The smallest absolute Gasteiger partial charge is 0.264 e. The van der Waals surface area contributed by atoms with Crippen LogP contribution in [0.15, 0.2) is 95.8 Å². The molecule has 3 aromatic carbocycles. The number of anilines is 1. The van der Waals surface area contributed by atoms with Crippen LogP contribution in [0.4, 0.5) is 11.4 Å². The van der Waals surface area contributed by atoms with Crippen LogP contribution in [-0.2, 0) is 10.1 Å². The Balaban J connectivity index is 1.62. The van der Waals surface area contributed by atoms with Crippen LogP contribution in [0.25, 0.3) is 11.1 Å². The summed E-state index contributed by atoms with van der Waals surface area (Å²) >= 11 is 0. The highest BCUT2D eigenvalue weighted by Crippen LogP contribution is 2.41. The first-order valence-corrected chi connectivity index (χ1v) is 11.5. The molecule has 0 unspecified atom stereocenters. The molecule has 4 rings (SSSR count). The number of ether oxygens (including phenoxy) is 1. The Morgan fingerprint density at radius 3 is 2.35 bits per heavy atom. The molecule has 158 valence electrons. The summed E-state index contributed by atoms with van der Waals surface area (Å²) < 4.78 is 37.5. The minimum absolute atomic E-state index is 0.254. The molecule has 6 nitrogen and oxygen atoms in total. The van der Waals surface area contributed by atoms with Gasteiger partial charge >= 0.3 is 0 Å². The van der Waals surface area contributed by atoms with E-state index in [0.717, 1.165) is 22.5 Å². The molecule has 0 bridgehead atoms. The van der Waals surface area contributed by atoms with Crippen molar-refractivity contribution in [1.82, 2.24) is 0 Å². The van der Waals surface area contributed by atoms with Crippen LogP contribution < -0.4 is 9.64 Å². The average Bonchev–Trinajstić information content (AvgIpc) is 3.11. The molecule has 3 aromatic rings. The highest BCUT2D eigenvalue weighted by Gasteiger charge is 2.26. The number of para-hydroxylation sites is 1. The van der Waals surface area contributed by atoms with E-state index < -0.39 is 10.1 Å². The summed E-state index contributed by atoms with van der Waals surface area (Å²) in [5.74, 6) is 0.920. The lowest BCUT2D eigenvalue weighted by Crippen LogP contribution is -2.23. The van der Waals surface area contributed by atoms with Gasteiger partial charge in [0.1, 0.15) is 0 Å². The highest BCUT2D eigenvalue weighted by molar-refractivity contribution is 7.85. The number of fused-ring (bicyclic) bond motifs is 1. The zero-order chi connectivity index (χ0) is 21.7. The quantitative estimate of drug-likeness (QED) is 0.415. The van der Waals surface area contributed by atoms with E-state index in [4.69, 9.17) is 9.29 Å². The molecule has 1 N–H and O–H groups in total. The standard InChI is InChI=1S/C24H22N2O4S/c27-31(28,29)17-7-16-26-22-18-20(19-8-3-1-4-9-19)12-13-23(22)30-24(26)14-15-25-21-10-5-2-6-11-21/h1-6,8-15,18H,7,16-17H2,(H,27,28,29)/b24-14-,25-15?. The fourth-order valence-corrected chi connectivity index (χ4v) is 3.87. The monoisotopic (exact) mass is 434 g/mol. The number of rotatable bonds is 7. The van der Waals surface area contributed by atoms with Gasteiger partial charge in [0, 0.05) is 18.8 Å². The summed E-state index contributed by atoms with van der Waals surface area (Å²) in [6, 6.07) is 25.5. The second kappa shape index (κ2) is 9.16. The van der Waals surface area contributed by atoms with Gasteiger partial charge < -0.3 is 9.64 Å². The third kappa shape index (κ3) is 5.39. The van der Waals surface area contributed by atoms with Crippen molar-refractivity contribution in [2.24, 2.45) is 4.99 Å². The van der Waals surface area contributed by atoms with Crippen molar-refractivity contribution < 1.29 is 17.7 Å². The fraction of sp³-hybridized carbons (Fsp3) is 0.125. The fourth-order valence-electron chi connectivity index (χ4n) is 3.37. The number of nitrogens with zero attached hydrogens (tertiary/aromatic N) is 2. The Bertz CT molecular complexity index is 1210. The maximum absolute atomic E-state index is 11.2. The van der Waals surface area contributed by atoms with Crippen LogP contribution in [0.1, 0.15) is 6.42 Å². The minimum Gasteiger partial charge on any atom is -0.439 e. The molecule has 1 aliphatic rings. The van der Waals surface area contributed by atoms with Crippen LogP contribution in [0.5, 0.6) is 5.75 Å². The second-order valence-electron chi connectivity index (χ2n) is 7.06. The molecule has 0 spiro atoms. The normalized spacial score (nSPS) is 14.7. The topological polar surface area (TPSA) is 79.2 Å². The first-order valence-electron chi connectivity index (χ1n) is 9.89. The van der Waals surface area contributed by atoms with E-state index in [1.807, 2.05) is 83.8 Å². The third-order valence-electron chi connectivity index (χ3n) is 4.82. The Labute approximate surface area is 181 Å². The van der Waals surface area contributed by atoms with Crippen LogP contribution in [-0.4, -0.2) is 31.5 Å². The maximum atomic E-state index is 11.2. The Morgan fingerprint density at radius 1 is 0.935 bits per heavy atom. The molecular weight excluding hydrogens is 412 g/mol. The van der Waals surface area contributed by atoms with Gasteiger partial charge in [0.2, 0.25) is 5.88 Å². The third-order valence-corrected chi connectivity index (χ3v) is 5.62. The summed E-state index contributed by atoms with van der Waals surface area (Å²) in [7, 11) is -4.03. The van der Waals surface area contributed by atoms with Crippen LogP contribution >= 0.6 is 0 Å². The number of hydrogen-bond acceptors (Lipinski definition) is 5. The first-order chi connectivity index (χ1) is 15.0. The molecule has 31 heavy (non-hydrogen) atoms. The second-order valence-corrected chi connectivity index (χ2v) is 8.63. The van der Waals surface area contributed by atoms with Gasteiger partial charge in [-0.1, -0.05) is 54.6 Å². The van der Waals surface area contributed by atoms with E-state index in [2.05, 4.69) is 4.99 Å². The Hall–Kier alpha value is -3.42. The van der Waals surface area contributed by atoms with Crippen molar-refractivity contribution >= 4 is 27.7 Å². The van der Waals surface area contributed by atoms with Crippen molar-refractivity contribution in [1.29, 1.82) is 0 Å². The number of benzene rings is 3. The molecule has 0 atom stereocenters. The molecular formula is C24H22N2O4S. The van der Waals surface area contributed by atoms with Crippen molar-refractivity contribution in [3.63, 3.8) is 0 Å². The van der Waals surface area contributed by atoms with Crippen molar-refractivity contribution in [2.45, 2.75) is 6.42 Å². The molecule has 1 heterocycles. The van der Waals surface area contributed by atoms with E-state index in [0.29, 0.717) is 18.2 Å². The highest BCUT2D eigenvalue weighted by atomic mass is 32.2. The minimum atomic E-state index is -4.03. The Kier molecular flexibility index (Phi) is 6.16. The summed E-state index contributed by atoms with van der Waals surface area (Å²) in [6.07, 6.45) is 3.66. The van der Waals surface area contributed by atoms with Crippen LogP contribution in [0.3, 0.4) is 0 Å². The molecule has 0 saturated carbocycles. The lowest BCUT2D eigenvalue weighted by Gasteiger charge is -2.18. The van der Waals surface area contributed by atoms with E-state index in [1.165, 1.54) is 0 Å². The summed E-state index contributed by atoms with van der Waals surface area (Å²) in [5, 5.41) is 0. The summed E-state index contributed by atoms with van der Waals surface area (Å²) in [5.41, 5.74) is 3.77. The van der Waals surface area contributed by atoms with Gasteiger partial charge in [-0.05, 0) is 41.8 Å². The molecule has 0 saturated heterocycles. The number of hydrogen-bond donors (Lipinski definition) is 1. The van der Waals surface area contributed by atoms with Gasteiger partial charge in [0.15, 0.2) is 5.75 Å². The van der Waals surface area contributed by atoms with Crippen LogP contribution in [0.2, 0.25) is 0 Å². The van der Waals surface area contributed by atoms with E-state index in [9.17, 15) is 8.42 Å². The van der Waals surface area contributed by atoms with E-state index in [-0.39, 0.29) is 12.2 Å². The first kappa shape index (κ1) is 20.8. The SMILES string of the molecule is O=S(=O)(O)CCCN1/C(=C/C=Nc2ccccc2)Oc2ccc(-c3ccccc3)cc21. The lowest BCUT2D eigenvalue weighted by atomic mass is 10.0. The zero-order valence-electron chi connectivity index (χ0n) is 16.8.